The Morgan fingerprint density at radius 2 is 2.38 bits per heavy atom. The standard InChI is InChI=1S/C8H8BNO3/c10-8(12)5-2-6-4(1-7(5)11)3-13-9-6/h1-2,9,11H,3H2,(H2,10,12). The van der Waals surface area contributed by atoms with Crippen molar-refractivity contribution in [3.05, 3.63) is 23.3 Å². The summed E-state index contributed by atoms with van der Waals surface area (Å²) >= 11 is 0. The third-order valence-electron chi connectivity index (χ3n) is 2.10. The molecule has 0 saturated carbocycles. The van der Waals surface area contributed by atoms with Crippen LogP contribution in [0.5, 0.6) is 5.75 Å². The van der Waals surface area contributed by atoms with Gasteiger partial charge in [-0.1, -0.05) is 0 Å². The Kier molecular flexibility index (Phi) is 1.74. The molecular formula is C8H8BNO3. The molecule has 1 amide bonds. The summed E-state index contributed by atoms with van der Waals surface area (Å²) in [5.41, 5.74) is 7.07. The van der Waals surface area contributed by atoms with Crippen LogP contribution in [-0.2, 0) is 11.3 Å². The molecule has 0 bridgehead atoms. The number of amides is 1. The van der Waals surface area contributed by atoms with E-state index in [0.717, 1.165) is 11.0 Å². The molecule has 1 aromatic rings. The largest absolute Gasteiger partial charge is 0.507 e. The van der Waals surface area contributed by atoms with Crippen molar-refractivity contribution in [1.29, 1.82) is 0 Å². The van der Waals surface area contributed by atoms with Crippen LogP contribution in [0.4, 0.5) is 0 Å². The van der Waals surface area contributed by atoms with Gasteiger partial charge in [0.15, 0.2) is 0 Å². The predicted octanol–water partition coefficient (Wildman–Crippen LogP) is -1.00. The molecule has 0 saturated heterocycles. The second-order valence-corrected chi connectivity index (χ2v) is 3.00. The summed E-state index contributed by atoms with van der Waals surface area (Å²) in [7, 11) is 0.482. The number of aromatic hydroxyl groups is 1. The topological polar surface area (TPSA) is 72.6 Å². The van der Waals surface area contributed by atoms with E-state index in [1.807, 2.05) is 0 Å². The Morgan fingerprint density at radius 3 is 3.08 bits per heavy atom. The number of carbonyl (C=O) groups excluding carboxylic acids is 1. The molecule has 1 aliphatic rings. The second-order valence-electron chi connectivity index (χ2n) is 3.00. The molecule has 2 rings (SSSR count). The number of primary amides is 1. The van der Waals surface area contributed by atoms with Crippen LogP contribution in [0.25, 0.3) is 0 Å². The zero-order valence-corrected chi connectivity index (χ0v) is 6.91. The lowest BCUT2D eigenvalue weighted by Crippen LogP contribution is -2.18. The van der Waals surface area contributed by atoms with Crippen molar-refractivity contribution >= 4 is 18.9 Å². The lowest BCUT2D eigenvalue weighted by molar-refractivity contribution is 0.0998. The number of fused-ring (bicyclic) bond motifs is 1. The maximum Gasteiger partial charge on any atom is 0.309 e. The molecule has 5 heteroatoms. The van der Waals surface area contributed by atoms with Gasteiger partial charge in [0, 0.05) is 0 Å². The number of rotatable bonds is 1. The Balaban J connectivity index is 2.55. The summed E-state index contributed by atoms with van der Waals surface area (Å²) in [5, 5.41) is 9.39. The van der Waals surface area contributed by atoms with Crippen LogP contribution < -0.4 is 11.2 Å². The van der Waals surface area contributed by atoms with Gasteiger partial charge in [0.05, 0.1) is 12.2 Å². The van der Waals surface area contributed by atoms with Crippen LogP contribution in [0.15, 0.2) is 12.1 Å². The molecule has 3 N–H and O–H groups in total. The van der Waals surface area contributed by atoms with E-state index < -0.39 is 5.91 Å². The Hall–Kier alpha value is -1.49. The van der Waals surface area contributed by atoms with Crippen LogP contribution in [0.1, 0.15) is 15.9 Å². The van der Waals surface area contributed by atoms with Gasteiger partial charge < -0.3 is 15.5 Å². The molecule has 4 nitrogen and oxygen atoms in total. The quantitative estimate of drug-likeness (QED) is 0.540. The Labute approximate surface area is 75.6 Å². The number of hydrogen-bond donors (Lipinski definition) is 2. The molecule has 0 unspecified atom stereocenters. The average Bonchev–Trinajstić information content (AvgIpc) is 2.48. The molecule has 0 radical (unpaired) electrons. The van der Waals surface area contributed by atoms with Gasteiger partial charge >= 0.3 is 7.48 Å². The van der Waals surface area contributed by atoms with Gasteiger partial charge in [-0.25, -0.2) is 0 Å². The lowest BCUT2D eigenvalue weighted by atomic mass is 9.86. The van der Waals surface area contributed by atoms with Gasteiger partial charge in [-0.05, 0) is 23.2 Å². The predicted molar refractivity (Wildman–Crippen MR) is 48.2 cm³/mol. The summed E-state index contributed by atoms with van der Waals surface area (Å²) < 4.78 is 5.14. The van der Waals surface area contributed by atoms with Crippen molar-refractivity contribution in [2.75, 3.05) is 0 Å². The smallest absolute Gasteiger partial charge is 0.309 e. The van der Waals surface area contributed by atoms with Gasteiger partial charge in [-0.15, -0.1) is 0 Å². The minimum atomic E-state index is -0.618. The Bertz CT molecular complexity index is 378. The first kappa shape index (κ1) is 8.13. The van der Waals surface area contributed by atoms with E-state index in [1.54, 1.807) is 6.07 Å². The molecule has 13 heavy (non-hydrogen) atoms. The zero-order valence-electron chi connectivity index (χ0n) is 6.91. The molecule has 0 atom stereocenters. The first-order valence-corrected chi connectivity index (χ1v) is 3.91. The van der Waals surface area contributed by atoms with Gasteiger partial charge in [-0.2, -0.15) is 0 Å². The van der Waals surface area contributed by atoms with Gasteiger partial charge in [0.1, 0.15) is 5.75 Å². The highest BCUT2D eigenvalue weighted by molar-refractivity contribution is 6.49. The van der Waals surface area contributed by atoms with E-state index in [9.17, 15) is 9.90 Å². The van der Waals surface area contributed by atoms with Crippen molar-refractivity contribution in [1.82, 2.24) is 0 Å². The molecule has 0 aliphatic carbocycles. The fraction of sp³-hybridized carbons (Fsp3) is 0.125. The molecular weight excluding hydrogens is 169 g/mol. The average molecular weight is 177 g/mol. The van der Waals surface area contributed by atoms with E-state index in [2.05, 4.69) is 0 Å². The number of phenols is 1. The van der Waals surface area contributed by atoms with Crippen LogP contribution in [0.2, 0.25) is 0 Å². The van der Waals surface area contributed by atoms with E-state index in [-0.39, 0.29) is 11.3 Å². The number of benzene rings is 1. The van der Waals surface area contributed by atoms with E-state index in [4.69, 9.17) is 10.4 Å². The van der Waals surface area contributed by atoms with Crippen molar-refractivity contribution < 1.29 is 14.6 Å². The lowest BCUT2D eigenvalue weighted by Gasteiger charge is -2.03. The fourth-order valence-corrected chi connectivity index (χ4v) is 1.41. The van der Waals surface area contributed by atoms with Crippen LogP contribution in [0.3, 0.4) is 0 Å². The summed E-state index contributed by atoms with van der Waals surface area (Å²) in [6.45, 7) is 0.488. The van der Waals surface area contributed by atoms with Crippen molar-refractivity contribution in [2.45, 2.75) is 6.61 Å². The zero-order chi connectivity index (χ0) is 9.42. The molecule has 0 aromatic heterocycles. The SMILES string of the molecule is NC(=O)c1cc2c(cc1O)COB2. The highest BCUT2D eigenvalue weighted by atomic mass is 16.4. The number of nitrogens with two attached hydrogens (primary N) is 1. The minimum absolute atomic E-state index is 0.0725. The van der Waals surface area contributed by atoms with E-state index >= 15 is 0 Å². The first-order chi connectivity index (χ1) is 6.18. The van der Waals surface area contributed by atoms with E-state index in [0.29, 0.717) is 14.1 Å². The van der Waals surface area contributed by atoms with Crippen LogP contribution >= 0.6 is 0 Å². The van der Waals surface area contributed by atoms with Crippen molar-refractivity contribution in [2.24, 2.45) is 5.73 Å². The van der Waals surface area contributed by atoms with Crippen LogP contribution in [0, 0.1) is 0 Å². The number of carbonyl (C=O) groups is 1. The maximum absolute atomic E-state index is 10.8. The van der Waals surface area contributed by atoms with Crippen LogP contribution in [-0.4, -0.2) is 18.5 Å². The van der Waals surface area contributed by atoms with Crippen molar-refractivity contribution in [3.63, 3.8) is 0 Å². The minimum Gasteiger partial charge on any atom is -0.507 e. The summed E-state index contributed by atoms with van der Waals surface area (Å²) in [6, 6.07) is 3.11. The molecule has 0 spiro atoms. The molecule has 1 heterocycles. The Morgan fingerprint density at radius 1 is 1.62 bits per heavy atom. The number of hydrogen-bond acceptors (Lipinski definition) is 3. The molecule has 1 aromatic carbocycles. The fourth-order valence-electron chi connectivity index (χ4n) is 1.41. The highest BCUT2D eigenvalue weighted by Gasteiger charge is 2.18. The van der Waals surface area contributed by atoms with Gasteiger partial charge in [-0.3, -0.25) is 4.79 Å². The monoisotopic (exact) mass is 177 g/mol. The summed E-state index contributed by atoms with van der Waals surface area (Å²) in [5.74, 6) is -0.691. The normalized spacial score (nSPS) is 13.5. The van der Waals surface area contributed by atoms with Gasteiger partial charge in [0.2, 0.25) is 0 Å². The first-order valence-electron chi connectivity index (χ1n) is 3.91. The highest BCUT2D eigenvalue weighted by Crippen LogP contribution is 2.19. The second kappa shape index (κ2) is 2.78. The molecule has 0 fully saturated rings. The third-order valence-corrected chi connectivity index (χ3v) is 2.10. The van der Waals surface area contributed by atoms with Crippen molar-refractivity contribution in [3.8, 4) is 5.75 Å². The summed E-state index contributed by atoms with van der Waals surface area (Å²) in [6.07, 6.45) is 0. The maximum atomic E-state index is 10.8. The molecule has 1 aliphatic heterocycles. The third kappa shape index (κ3) is 1.27. The van der Waals surface area contributed by atoms with Gasteiger partial charge in [0.25, 0.3) is 5.91 Å². The van der Waals surface area contributed by atoms with E-state index in [1.165, 1.54) is 6.07 Å². The molecule has 66 valence electrons. The summed E-state index contributed by atoms with van der Waals surface area (Å²) in [4.78, 5) is 10.8.